The van der Waals surface area contributed by atoms with Gasteiger partial charge in [0.25, 0.3) is 0 Å². The van der Waals surface area contributed by atoms with E-state index >= 15 is 0 Å². The molecule has 0 N–H and O–H groups in total. The van der Waals surface area contributed by atoms with Crippen LogP contribution in [-0.2, 0) is 9.53 Å². The molecule has 0 aliphatic heterocycles. The van der Waals surface area contributed by atoms with Crippen molar-refractivity contribution < 1.29 is 9.53 Å². The summed E-state index contributed by atoms with van der Waals surface area (Å²) in [5, 5.41) is 0. The van der Waals surface area contributed by atoms with Crippen LogP contribution in [0.3, 0.4) is 0 Å². The fourth-order valence-electron chi connectivity index (χ4n) is 1.95. The van der Waals surface area contributed by atoms with E-state index in [0.717, 1.165) is 12.8 Å². The minimum Gasteiger partial charge on any atom is -0.461 e. The van der Waals surface area contributed by atoms with E-state index in [9.17, 15) is 4.79 Å². The van der Waals surface area contributed by atoms with Crippen molar-refractivity contribution in [3.05, 3.63) is 41.0 Å². The summed E-state index contributed by atoms with van der Waals surface area (Å²) < 4.78 is 5.10. The first-order chi connectivity index (χ1) is 9.02. The highest BCUT2D eigenvalue weighted by Crippen LogP contribution is 2.18. The van der Waals surface area contributed by atoms with Crippen LogP contribution in [0.1, 0.15) is 57.6 Å². The summed E-state index contributed by atoms with van der Waals surface area (Å²) in [5.74, 6) is 0.300. The summed E-state index contributed by atoms with van der Waals surface area (Å²) in [4.78, 5) is 10.9. The Kier molecular flexibility index (Phi) is 6.34. The van der Waals surface area contributed by atoms with Crippen LogP contribution in [0, 0.1) is 0 Å². The molecule has 19 heavy (non-hydrogen) atoms. The maximum absolute atomic E-state index is 10.9. The maximum Gasteiger partial charge on any atom is 0.302 e. The molecule has 0 atom stereocenters. The first-order valence-electron chi connectivity index (χ1n) is 6.95. The van der Waals surface area contributed by atoms with Gasteiger partial charge in [-0.15, -0.1) is 0 Å². The fourth-order valence-corrected chi connectivity index (χ4v) is 1.95. The zero-order valence-electron chi connectivity index (χ0n) is 12.4. The third kappa shape index (κ3) is 5.73. The van der Waals surface area contributed by atoms with Crippen molar-refractivity contribution in [1.82, 2.24) is 0 Å². The van der Waals surface area contributed by atoms with Gasteiger partial charge < -0.3 is 4.74 Å². The van der Waals surface area contributed by atoms with Crippen LogP contribution >= 0.6 is 0 Å². The van der Waals surface area contributed by atoms with Gasteiger partial charge in [0.05, 0.1) is 0 Å². The smallest absolute Gasteiger partial charge is 0.302 e. The zero-order valence-corrected chi connectivity index (χ0v) is 12.4. The molecule has 0 fully saturated rings. The van der Waals surface area contributed by atoms with Crippen LogP contribution in [0.2, 0.25) is 0 Å². The predicted octanol–water partition coefficient (Wildman–Crippen LogP) is 4.56. The molecule has 0 radical (unpaired) electrons. The number of ether oxygens (including phenoxy) is 1. The van der Waals surface area contributed by atoms with Crippen LogP contribution in [0.25, 0.3) is 6.08 Å². The van der Waals surface area contributed by atoms with Crippen LogP contribution in [0.5, 0.6) is 0 Å². The van der Waals surface area contributed by atoms with Crippen molar-refractivity contribution >= 4 is 12.0 Å². The molecule has 0 spiro atoms. The van der Waals surface area contributed by atoms with E-state index in [4.69, 9.17) is 4.74 Å². The predicted molar refractivity (Wildman–Crippen MR) is 80.0 cm³/mol. The van der Waals surface area contributed by atoms with Gasteiger partial charge in [-0.05, 0) is 29.0 Å². The van der Waals surface area contributed by atoms with Crippen molar-refractivity contribution in [1.29, 1.82) is 0 Å². The van der Waals surface area contributed by atoms with E-state index in [2.05, 4.69) is 51.1 Å². The molecule has 0 heterocycles. The first-order valence-corrected chi connectivity index (χ1v) is 6.95. The molecule has 0 aromatic heterocycles. The van der Waals surface area contributed by atoms with Gasteiger partial charge in [0, 0.05) is 6.92 Å². The number of hydrogen-bond donors (Lipinski definition) is 0. The quantitative estimate of drug-likeness (QED) is 0.701. The van der Waals surface area contributed by atoms with Gasteiger partial charge in [0.15, 0.2) is 0 Å². The summed E-state index contributed by atoms with van der Waals surface area (Å²) in [6, 6.07) is 8.52. The van der Waals surface area contributed by atoms with Crippen molar-refractivity contribution in [2.24, 2.45) is 0 Å². The average molecular weight is 260 g/mol. The largest absolute Gasteiger partial charge is 0.461 e. The molecule has 0 aliphatic rings. The first kappa shape index (κ1) is 15.5. The van der Waals surface area contributed by atoms with Crippen molar-refractivity contribution in [2.75, 3.05) is 6.61 Å². The maximum atomic E-state index is 10.9. The van der Waals surface area contributed by atoms with E-state index in [0.29, 0.717) is 12.5 Å². The van der Waals surface area contributed by atoms with Crippen molar-refractivity contribution in [3.8, 4) is 0 Å². The van der Waals surface area contributed by atoms with E-state index in [1.54, 1.807) is 0 Å². The molecular formula is C17H24O2. The average Bonchev–Trinajstić information content (AvgIpc) is 2.36. The molecule has 0 bridgehead atoms. The van der Waals surface area contributed by atoms with Gasteiger partial charge in [0.2, 0.25) is 0 Å². The second-order valence-corrected chi connectivity index (χ2v) is 5.16. The highest BCUT2D eigenvalue weighted by molar-refractivity contribution is 5.66. The molecule has 0 amide bonds. The molecule has 1 aromatic carbocycles. The monoisotopic (exact) mass is 260 g/mol. The Balaban J connectivity index is 2.87. The van der Waals surface area contributed by atoms with Gasteiger partial charge in [-0.2, -0.15) is 0 Å². The lowest BCUT2D eigenvalue weighted by atomic mass is 9.99. The third-order valence-corrected chi connectivity index (χ3v) is 2.98. The van der Waals surface area contributed by atoms with Gasteiger partial charge in [0.1, 0.15) is 6.61 Å². The van der Waals surface area contributed by atoms with Gasteiger partial charge >= 0.3 is 5.97 Å². The Hall–Kier alpha value is -1.57. The lowest BCUT2D eigenvalue weighted by molar-refractivity contribution is -0.140. The summed E-state index contributed by atoms with van der Waals surface area (Å²) in [6.45, 7) is 8.35. The van der Waals surface area contributed by atoms with Gasteiger partial charge in [-0.25, -0.2) is 0 Å². The fraction of sp³-hybridized carbons (Fsp3) is 0.471. The number of rotatable bonds is 6. The molecule has 2 heteroatoms. The van der Waals surface area contributed by atoms with Gasteiger partial charge in [-0.3, -0.25) is 4.79 Å². The van der Waals surface area contributed by atoms with Crippen molar-refractivity contribution in [2.45, 2.75) is 46.5 Å². The van der Waals surface area contributed by atoms with Crippen LogP contribution in [-0.4, -0.2) is 12.6 Å². The molecule has 2 nitrogen and oxygen atoms in total. The number of esters is 1. The topological polar surface area (TPSA) is 26.3 Å². The summed E-state index contributed by atoms with van der Waals surface area (Å²) in [5.41, 5.74) is 3.68. The van der Waals surface area contributed by atoms with Crippen LogP contribution in [0.4, 0.5) is 0 Å². The van der Waals surface area contributed by atoms with E-state index in [-0.39, 0.29) is 5.97 Å². The Morgan fingerprint density at radius 2 is 2.11 bits per heavy atom. The highest BCUT2D eigenvalue weighted by Gasteiger charge is 2.02. The van der Waals surface area contributed by atoms with E-state index in [1.165, 1.54) is 23.6 Å². The van der Waals surface area contributed by atoms with Crippen LogP contribution < -0.4 is 0 Å². The SMILES string of the molecule is CCCC(=Cc1cccc(C(C)C)c1)COC(C)=O. The lowest BCUT2D eigenvalue weighted by Crippen LogP contribution is -2.03. The molecule has 104 valence electrons. The molecule has 0 aliphatic carbocycles. The molecule has 0 saturated heterocycles. The Morgan fingerprint density at radius 1 is 1.37 bits per heavy atom. The van der Waals surface area contributed by atoms with E-state index in [1.807, 2.05) is 0 Å². The number of benzene rings is 1. The Labute approximate surface area is 116 Å². The highest BCUT2D eigenvalue weighted by atomic mass is 16.5. The standard InChI is InChI=1S/C17H24O2/c1-5-7-16(12-19-14(4)18)10-15-8-6-9-17(11-15)13(2)3/h6,8-11,13H,5,7,12H2,1-4H3. The number of carbonyl (C=O) groups excluding carboxylic acids is 1. The third-order valence-electron chi connectivity index (χ3n) is 2.98. The Bertz CT molecular complexity index is 444. The minimum atomic E-state index is -0.224. The second kappa shape index (κ2) is 7.78. The summed E-state index contributed by atoms with van der Waals surface area (Å²) >= 11 is 0. The number of hydrogen-bond acceptors (Lipinski definition) is 2. The normalized spacial score (nSPS) is 11.7. The molecule has 1 aromatic rings. The van der Waals surface area contributed by atoms with Crippen LogP contribution in [0.15, 0.2) is 29.8 Å². The molecule has 0 saturated carbocycles. The van der Waals surface area contributed by atoms with Crippen molar-refractivity contribution in [3.63, 3.8) is 0 Å². The summed E-state index contributed by atoms with van der Waals surface area (Å²) in [7, 11) is 0. The summed E-state index contributed by atoms with van der Waals surface area (Å²) in [6.07, 6.45) is 4.15. The Morgan fingerprint density at radius 3 is 2.68 bits per heavy atom. The number of carbonyl (C=O) groups is 1. The van der Waals surface area contributed by atoms with E-state index < -0.39 is 0 Å². The molecular weight excluding hydrogens is 236 g/mol. The second-order valence-electron chi connectivity index (χ2n) is 5.16. The van der Waals surface area contributed by atoms with Gasteiger partial charge in [-0.1, -0.05) is 57.5 Å². The zero-order chi connectivity index (χ0) is 14.3. The molecule has 1 rings (SSSR count). The minimum absolute atomic E-state index is 0.224. The molecule has 0 unspecified atom stereocenters. The lowest BCUT2D eigenvalue weighted by Gasteiger charge is -2.09.